The number of fused-ring (bicyclic) bond motifs is 2. The molecule has 0 bridgehead atoms. The van der Waals surface area contributed by atoms with Crippen LogP contribution in [-0.2, 0) is 39.1 Å². The molecule has 0 aliphatic carbocycles. The number of aryl methyl sites for hydroxylation is 2. The second kappa shape index (κ2) is 16.1. The van der Waals surface area contributed by atoms with E-state index in [0.29, 0.717) is 12.8 Å². The molecule has 2 fully saturated rings. The average molecular weight is 681 g/mol. The van der Waals surface area contributed by atoms with Gasteiger partial charge in [0.25, 0.3) is 0 Å². The van der Waals surface area contributed by atoms with Crippen molar-refractivity contribution in [2.24, 2.45) is 7.05 Å². The highest BCUT2D eigenvalue weighted by atomic mass is 16.2. The lowest BCUT2D eigenvalue weighted by atomic mass is 9.98. The Balaban J connectivity index is 1.14. The fourth-order valence-corrected chi connectivity index (χ4v) is 7.61. The molecule has 6 rings (SSSR count). The van der Waals surface area contributed by atoms with Crippen LogP contribution in [0.4, 0.5) is 0 Å². The van der Waals surface area contributed by atoms with Gasteiger partial charge in [0.1, 0.15) is 18.1 Å². The number of aromatic amines is 1. The highest BCUT2D eigenvalue weighted by Crippen LogP contribution is 2.32. The molecular formula is C38H48N8O4. The van der Waals surface area contributed by atoms with Crippen molar-refractivity contribution >= 4 is 34.5 Å². The number of carbonyl (C=O) groups excluding carboxylic acids is 4. The summed E-state index contributed by atoms with van der Waals surface area (Å²) in [7, 11) is 1.85. The van der Waals surface area contributed by atoms with Crippen LogP contribution >= 0.6 is 0 Å². The predicted molar refractivity (Wildman–Crippen MR) is 190 cm³/mol. The Morgan fingerprint density at radius 1 is 0.960 bits per heavy atom. The highest BCUT2D eigenvalue weighted by Gasteiger charge is 2.44. The van der Waals surface area contributed by atoms with Crippen LogP contribution in [0.3, 0.4) is 0 Å². The summed E-state index contributed by atoms with van der Waals surface area (Å²) >= 11 is 0. The van der Waals surface area contributed by atoms with Gasteiger partial charge in [-0.15, -0.1) is 5.10 Å². The predicted octanol–water partition coefficient (Wildman–Crippen LogP) is 4.03. The van der Waals surface area contributed by atoms with Gasteiger partial charge in [-0.25, -0.2) is 0 Å². The van der Waals surface area contributed by atoms with Crippen LogP contribution in [-0.4, -0.2) is 72.7 Å². The van der Waals surface area contributed by atoms with E-state index in [0.717, 1.165) is 79.1 Å². The highest BCUT2D eigenvalue weighted by molar-refractivity contribution is 5.95. The SMILES string of the molecule is CC(=O)N[C@@H](Cc1c[nH]c2ccccc12)C(=O)N[C@H]1CCCC[C@H]2CC[C@@H](C(=O)N[C@H](CCCCc3cn(C)nn3)c3ccccc3)N2C1=O. The van der Waals surface area contributed by atoms with Gasteiger partial charge < -0.3 is 25.8 Å². The van der Waals surface area contributed by atoms with Crippen LogP contribution in [0.2, 0.25) is 0 Å². The van der Waals surface area contributed by atoms with Crippen molar-refractivity contribution in [1.29, 1.82) is 0 Å². The van der Waals surface area contributed by atoms with Crippen molar-refractivity contribution in [2.75, 3.05) is 0 Å². The monoisotopic (exact) mass is 680 g/mol. The van der Waals surface area contributed by atoms with Gasteiger partial charge in [0.05, 0.1) is 11.7 Å². The Morgan fingerprint density at radius 3 is 2.52 bits per heavy atom. The molecule has 0 spiro atoms. The molecule has 5 atom stereocenters. The summed E-state index contributed by atoms with van der Waals surface area (Å²) in [5.41, 5.74) is 3.82. The zero-order chi connectivity index (χ0) is 35.0. The fraction of sp³-hybridized carbons (Fsp3) is 0.474. The second-order valence-corrected chi connectivity index (χ2v) is 13.8. The number of carbonyl (C=O) groups is 4. The van der Waals surface area contributed by atoms with Gasteiger partial charge >= 0.3 is 0 Å². The van der Waals surface area contributed by atoms with E-state index in [1.54, 1.807) is 9.58 Å². The Morgan fingerprint density at radius 2 is 1.74 bits per heavy atom. The molecule has 4 heterocycles. The van der Waals surface area contributed by atoms with Gasteiger partial charge in [0.2, 0.25) is 23.6 Å². The minimum absolute atomic E-state index is 0.0579. The quantitative estimate of drug-likeness (QED) is 0.157. The second-order valence-electron chi connectivity index (χ2n) is 13.8. The Labute approximate surface area is 292 Å². The molecule has 0 radical (unpaired) electrons. The number of aromatic nitrogens is 4. The molecule has 4 amide bonds. The summed E-state index contributed by atoms with van der Waals surface area (Å²) in [5, 5.41) is 18.3. The van der Waals surface area contributed by atoms with Crippen LogP contribution in [0.25, 0.3) is 10.9 Å². The third kappa shape index (κ3) is 8.40. The standard InChI is InChI=1S/C38H48N8O4/c1-25(47)40-34(22-27-23-39-32-18-11-8-16-30(27)32)36(48)42-33-19-10-7-15-29-20-21-35(46(29)38(33)50)37(49)41-31(26-12-4-3-5-13-26)17-9-6-14-28-24-45(2)44-43-28/h3-5,8,11-13,16,18,23-24,29,31,33-35,39H,6-7,9-10,14-15,17,19-22H2,1-2H3,(H,40,47)(H,41,49)(H,42,48)/t29-,31+,33-,34-,35-/m0/s1. The lowest BCUT2D eigenvalue weighted by molar-refractivity contribution is -0.144. The van der Waals surface area contributed by atoms with Crippen molar-refractivity contribution < 1.29 is 19.2 Å². The number of rotatable bonds is 13. The van der Waals surface area contributed by atoms with Crippen molar-refractivity contribution in [3.05, 3.63) is 83.8 Å². The van der Waals surface area contributed by atoms with Crippen LogP contribution in [0.5, 0.6) is 0 Å². The minimum atomic E-state index is -0.862. The van der Waals surface area contributed by atoms with Gasteiger partial charge in [0.15, 0.2) is 0 Å². The molecule has 0 unspecified atom stereocenters. The van der Waals surface area contributed by atoms with Gasteiger partial charge in [0, 0.05) is 49.7 Å². The lowest BCUT2D eigenvalue weighted by Gasteiger charge is -2.36. The summed E-state index contributed by atoms with van der Waals surface area (Å²) < 4.78 is 1.70. The maximum absolute atomic E-state index is 14.3. The van der Waals surface area contributed by atoms with E-state index in [2.05, 4.69) is 31.2 Å². The maximum atomic E-state index is 14.3. The Bertz CT molecular complexity index is 1790. The van der Waals surface area contributed by atoms with E-state index in [4.69, 9.17) is 0 Å². The molecule has 2 aromatic heterocycles. The first-order valence-electron chi connectivity index (χ1n) is 17.9. The number of amides is 4. The minimum Gasteiger partial charge on any atom is -0.361 e. The zero-order valence-electron chi connectivity index (χ0n) is 28.9. The molecule has 2 aliphatic heterocycles. The Kier molecular flexibility index (Phi) is 11.2. The Hall–Kier alpha value is -5.00. The topological polar surface area (TPSA) is 154 Å². The molecule has 2 saturated heterocycles. The lowest BCUT2D eigenvalue weighted by Crippen LogP contribution is -2.59. The summed E-state index contributed by atoms with van der Waals surface area (Å²) in [6.45, 7) is 1.38. The average Bonchev–Trinajstić information content (AvgIpc) is 3.84. The van der Waals surface area contributed by atoms with Gasteiger partial charge in [-0.3, -0.25) is 23.9 Å². The third-order valence-electron chi connectivity index (χ3n) is 10.1. The van der Waals surface area contributed by atoms with Gasteiger partial charge in [-0.1, -0.05) is 73.0 Å². The molecule has 2 aromatic carbocycles. The number of nitrogens with one attached hydrogen (secondary N) is 4. The largest absolute Gasteiger partial charge is 0.361 e. The molecule has 4 aromatic rings. The molecule has 264 valence electrons. The van der Waals surface area contributed by atoms with E-state index in [1.807, 2.05) is 74.0 Å². The fourth-order valence-electron chi connectivity index (χ4n) is 7.61. The molecular weight excluding hydrogens is 632 g/mol. The molecule has 50 heavy (non-hydrogen) atoms. The zero-order valence-corrected chi connectivity index (χ0v) is 28.9. The summed E-state index contributed by atoms with van der Waals surface area (Å²) in [6.07, 6.45) is 11.7. The molecule has 4 N–H and O–H groups in total. The van der Waals surface area contributed by atoms with E-state index in [1.165, 1.54) is 6.92 Å². The van der Waals surface area contributed by atoms with Crippen molar-refractivity contribution in [3.8, 4) is 0 Å². The van der Waals surface area contributed by atoms with E-state index >= 15 is 0 Å². The van der Waals surface area contributed by atoms with Crippen LogP contribution < -0.4 is 16.0 Å². The maximum Gasteiger partial charge on any atom is 0.246 e. The number of unbranched alkanes of at least 4 members (excludes halogenated alkanes) is 1. The molecule has 12 heteroatoms. The first kappa shape index (κ1) is 34.8. The number of para-hydroxylation sites is 1. The first-order valence-corrected chi connectivity index (χ1v) is 17.9. The van der Waals surface area contributed by atoms with Crippen LogP contribution in [0, 0.1) is 0 Å². The summed E-state index contributed by atoms with van der Waals surface area (Å²) in [6, 6.07) is 15.2. The van der Waals surface area contributed by atoms with Gasteiger partial charge in [-0.05, 0) is 62.1 Å². The van der Waals surface area contributed by atoms with Crippen molar-refractivity contribution in [1.82, 2.24) is 40.8 Å². The van der Waals surface area contributed by atoms with Crippen molar-refractivity contribution in [3.63, 3.8) is 0 Å². The number of benzene rings is 2. The van der Waals surface area contributed by atoms with Gasteiger partial charge in [-0.2, -0.15) is 0 Å². The smallest absolute Gasteiger partial charge is 0.246 e. The summed E-state index contributed by atoms with van der Waals surface area (Å²) in [5.74, 6) is -1.13. The van der Waals surface area contributed by atoms with E-state index in [9.17, 15) is 19.2 Å². The number of nitrogens with zero attached hydrogens (tertiary/aromatic N) is 4. The molecule has 0 saturated carbocycles. The van der Waals surface area contributed by atoms with Crippen molar-refractivity contribution in [2.45, 2.75) is 108 Å². The molecule has 2 aliphatic rings. The first-order chi connectivity index (χ1) is 24.3. The summed E-state index contributed by atoms with van der Waals surface area (Å²) in [4.78, 5) is 59.3. The number of H-pyrrole nitrogens is 1. The normalized spacial score (nSPS) is 20.4. The van der Waals surface area contributed by atoms with E-state index < -0.39 is 24.0 Å². The number of hydrogen-bond donors (Lipinski definition) is 4. The van der Waals surface area contributed by atoms with Crippen LogP contribution in [0.15, 0.2) is 67.0 Å². The van der Waals surface area contributed by atoms with Crippen LogP contribution in [0.1, 0.15) is 87.6 Å². The number of hydrogen-bond acceptors (Lipinski definition) is 6. The van der Waals surface area contributed by atoms with E-state index in [-0.39, 0.29) is 36.2 Å². The molecule has 12 nitrogen and oxygen atoms in total. The third-order valence-corrected chi connectivity index (χ3v) is 10.1.